The van der Waals surface area contributed by atoms with Crippen molar-refractivity contribution in [3.05, 3.63) is 102 Å². The van der Waals surface area contributed by atoms with Crippen LogP contribution >= 0.6 is 11.3 Å². The minimum atomic E-state index is -3.62. The molecule has 5 aromatic rings. The smallest absolute Gasteiger partial charge is 0.293 e. The van der Waals surface area contributed by atoms with Crippen LogP contribution in [0.3, 0.4) is 0 Å². The van der Waals surface area contributed by atoms with Gasteiger partial charge >= 0.3 is 0 Å². The molecular formula is C25H18N2O4S2. The molecule has 0 atom stereocenters. The summed E-state index contributed by atoms with van der Waals surface area (Å²) in [6.45, 7) is 0. The number of thiazole rings is 1. The highest BCUT2D eigenvalue weighted by Crippen LogP contribution is 2.31. The SMILES string of the molecule is O=C(Nc1nc(-c2cccc3ccccc23)cs1)c1occc1CS(=O)(=O)c1ccccc1. The number of carbonyl (C=O) groups excluding carboxylic acids is 1. The average Bonchev–Trinajstić information content (AvgIpc) is 3.48. The number of fused-ring (bicyclic) bond motifs is 1. The molecule has 0 saturated carbocycles. The first-order chi connectivity index (χ1) is 16.0. The van der Waals surface area contributed by atoms with E-state index in [4.69, 9.17) is 4.42 Å². The van der Waals surface area contributed by atoms with E-state index in [1.807, 2.05) is 47.8 Å². The van der Waals surface area contributed by atoms with E-state index in [1.165, 1.54) is 35.8 Å². The highest BCUT2D eigenvalue weighted by Gasteiger charge is 2.23. The van der Waals surface area contributed by atoms with Crippen molar-refractivity contribution >= 4 is 43.0 Å². The fourth-order valence-corrected chi connectivity index (χ4v) is 5.70. The van der Waals surface area contributed by atoms with Gasteiger partial charge in [-0.2, -0.15) is 0 Å². The van der Waals surface area contributed by atoms with Crippen LogP contribution in [0, 0.1) is 0 Å². The van der Waals surface area contributed by atoms with Crippen LogP contribution in [0.15, 0.2) is 99.8 Å². The molecule has 164 valence electrons. The van der Waals surface area contributed by atoms with Gasteiger partial charge in [0.05, 0.1) is 22.6 Å². The lowest BCUT2D eigenvalue weighted by atomic mass is 10.0. The van der Waals surface area contributed by atoms with E-state index in [1.54, 1.807) is 18.2 Å². The molecule has 2 aromatic heterocycles. The molecule has 5 rings (SSSR count). The number of hydrogen-bond acceptors (Lipinski definition) is 6. The molecule has 6 nitrogen and oxygen atoms in total. The lowest BCUT2D eigenvalue weighted by Crippen LogP contribution is -2.14. The minimum Gasteiger partial charge on any atom is -0.459 e. The molecule has 3 aromatic carbocycles. The maximum absolute atomic E-state index is 12.8. The fourth-order valence-electron chi connectivity index (χ4n) is 3.62. The molecule has 0 aliphatic rings. The number of hydrogen-bond donors (Lipinski definition) is 1. The molecule has 1 N–H and O–H groups in total. The predicted molar refractivity (Wildman–Crippen MR) is 129 cm³/mol. The van der Waals surface area contributed by atoms with Crippen LogP contribution in [0.25, 0.3) is 22.0 Å². The van der Waals surface area contributed by atoms with Gasteiger partial charge in [0.2, 0.25) is 0 Å². The lowest BCUT2D eigenvalue weighted by molar-refractivity contribution is 0.0996. The van der Waals surface area contributed by atoms with Crippen LogP contribution < -0.4 is 5.32 Å². The van der Waals surface area contributed by atoms with Crippen molar-refractivity contribution < 1.29 is 17.6 Å². The van der Waals surface area contributed by atoms with Crippen molar-refractivity contribution in [1.82, 2.24) is 4.98 Å². The van der Waals surface area contributed by atoms with Gasteiger partial charge in [-0.15, -0.1) is 11.3 Å². The van der Waals surface area contributed by atoms with Gasteiger partial charge in [0.25, 0.3) is 5.91 Å². The van der Waals surface area contributed by atoms with Crippen molar-refractivity contribution in [2.75, 3.05) is 5.32 Å². The van der Waals surface area contributed by atoms with Gasteiger partial charge in [0, 0.05) is 16.5 Å². The third-order valence-electron chi connectivity index (χ3n) is 5.19. The van der Waals surface area contributed by atoms with Gasteiger partial charge in [-0.05, 0) is 29.0 Å². The number of anilines is 1. The van der Waals surface area contributed by atoms with E-state index in [2.05, 4.69) is 10.3 Å². The van der Waals surface area contributed by atoms with Gasteiger partial charge in [-0.25, -0.2) is 13.4 Å². The number of rotatable bonds is 6. The summed E-state index contributed by atoms with van der Waals surface area (Å²) < 4.78 is 30.8. The molecule has 0 aliphatic heterocycles. The number of furan rings is 1. The fraction of sp³-hybridized carbons (Fsp3) is 0.0400. The summed E-state index contributed by atoms with van der Waals surface area (Å²) in [6.07, 6.45) is 1.31. The van der Waals surface area contributed by atoms with E-state index >= 15 is 0 Å². The second-order valence-electron chi connectivity index (χ2n) is 7.37. The number of aromatic nitrogens is 1. The standard InChI is InChI=1S/C25H18N2O4S2/c28-24(23-18(13-14-31-23)16-33(29,30)19-9-2-1-3-10-19)27-25-26-22(15-32-25)21-12-6-8-17-7-4-5-11-20(17)21/h1-15H,16H2,(H,26,27,28). The van der Waals surface area contributed by atoms with Crippen LogP contribution in [-0.2, 0) is 15.6 Å². The normalized spacial score (nSPS) is 11.5. The molecule has 0 aliphatic carbocycles. The zero-order valence-electron chi connectivity index (χ0n) is 17.3. The molecular weight excluding hydrogens is 456 g/mol. The number of amides is 1. The quantitative estimate of drug-likeness (QED) is 0.337. The van der Waals surface area contributed by atoms with Crippen LogP contribution in [0.5, 0.6) is 0 Å². The maximum Gasteiger partial charge on any atom is 0.293 e. The molecule has 0 saturated heterocycles. The Labute approximate surface area is 194 Å². The summed E-state index contributed by atoms with van der Waals surface area (Å²) >= 11 is 1.29. The van der Waals surface area contributed by atoms with Gasteiger partial charge in [-0.1, -0.05) is 60.7 Å². The molecule has 0 unspecified atom stereocenters. The van der Waals surface area contributed by atoms with Crippen molar-refractivity contribution in [2.45, 2.75) is 10.6 Å². The first-order valence-electron chi connectivity index (χ1n) is 10.1. The third kappa shape index (κ3) is 4.30. The third-order valence-corrected chi connectivity index (χ3v) is 7.63. The average molecular weight is 475 g/mol. The Morgan fingerprint density at radius 1 is 0.939 bits per heavy atom. The second-order valence-corrected chi connectivity index (χ2v) is 10.2. The molecule has 0 spiro atoms. The summed E-state index contributed by atoms with van der Waals surface area (Å²) in [6, 6.07) is 23.6. The van der Waals surface area contributed by atoms with E-state index in [0.717, 1.165) is 22.0 Å². The van der Waals surface area contributed by atoms with E-state index in [9.17, 15) is 13.2 Å². The van der Waals surface area contributed by atoms with E-state index < -0.39 is 15.7 Å². The molecule has 0 bridgehead atoms. The highest BCUT2D eigenvalue weighted by molar-refractivity contribution is 7.90. The Morgan fingerprint density at radius 3 is 2.55 bits per heavy atom. The topological polar surface area (TPSA) is 89.3 Å². The Morgan fingerprint density at radius 2 is 1.70 bits per heavy atom. The maximum atomic E-state index is 12.8. The van der Waals surface area contributed by atoms with Gasteiger partial charge < -0.3 is 4.42 Å². The second kappa shape index (κ2) is 8.65. The summed E-state index contributed by atoms with van der Waals surface area (Å²) in [5.41, 5.74) is 2.01. The molecule has 33 heavy (non-hydrogen) atoms. The van der Waals surface area contributed by atoms with Crippen molar-refractivity contribution in [3.8, 4) is 11.3 Å². The first kappa shape index (κ1) is 21.1. The summed E-state index contributed by atoms with van der Waals surface area (Å²) in [5, 5.41) is 7.18. The Balaban J connectivity index is 1.37. The molecule has 8 heteroatoms. The molecule has 2 heterocycles. The summed E-state index contributed by atoms with van der Waals surface area (Å²) in [4.78, 5) is 17.6. The minimum absolute atomic E-state index is 0.0450. The number of carbonyl (C=O) groups is 1. The van der Waals surface area contributed by atoms with Crippen molar-refractivity contribution in [2.24, 2.45) is 0 Å². The highest BCUT2D eigenvalue weighted by atomic mass is 32.2. The van der Waals surface area contributed by atoms with Crippen LogP contribution in [0.1, 0.15) is 16.1 Å². The molecule has 0 radical (unpaired) electrons. The largest absolute Gasteiger partial charge is 0.459 e. The van der Waals surface area contributed by atoms with Crippen LogP contribution in [0.4, 0.5) is 5.13 Å². The Bertz CT molecular complexity index is 1550. The van der Waals surface area contributed by atoms with Gasteiger partial charge in [0.15, 0.2) is 20.7 Å². The zero-order chi connectivity index (χ0) is 22.8. The number of nitrogens with one attached hydrogen (secondary N) is 1. The lowest BCUT2D eigenvalue weighted by Gasteiger charge is -2.05. The first-order valence-corrected chi connectivity index (χ1v) is 12.6. The van der Waals surface area contributed by atoms with E-state index in [0.29, 0.717) is 10.7 Å². The van der Waals surface area contributed by atoms with Crippen LogP contribution in [-0.4, -0.2) is 19.3 Å². The summed E-state index contributed by atoms with van der Waals surface area (Å²) in [5.74, 6) is -0.927. The van der Waals surface area contributed by atoms with Gasteiger partial charge in [0.1, 0.15) is 0 Å². The van der Waals surface area contributed by atoms with Crippen molar-refractivity contribution in [3.63, 3.8) is 0 Å². The Hall–Kier alpha value is -3.75. The number of sulfone groups is 1. The number of nitrogens with zero attached hydrogens (tertiary/aromatic N) is 1. The van der Waals surface area contributed by atoms with Gasteiger partial charge in [-0.3, -0.25) is 10.1 Å². The summed E-state index contributed by atoms with van der Waals surface area (Å²) in [7, 11) is -3.62. The number of benzene rings is 3. The monoisotopic (exact) mass is 474 g/mol. The van der Waals surface area contributed by atoms with E-state index in [-0.39, 0.29) is 16.4 Å². The zero-order valence-corrected chi connectivity index (χ0v) is 18.9. The predicted octanol–water partition coefficient (Wildman–Crippen LogP) is 5.78. The van der Waals surface area contributed by atoms with Crippen molar-refractivity contribution in [1.29, 1.82) is 0 Å². The molecule has 1 amide bonds. The molecule has 0 fully saturated rings. The Kier molecular flexibility index (Phi) is 5.53. The van der Waals surface area contributed by atoms with Crippen LogP contribution in [0.2, 0.25) is 0 Å².